The Kier molecular flexibility index (Phi) is 7.45. The number of esters is 1. The summed E-state index contributed by atoms with van der Waals surface area (Å²) in [5, 5.41) is 11.8. The van der Waals surface area contributed by atoms with Crippen molar-refractivity contribution < 1.29 is 27.1 Å². The van der Waals surface area contributed by atoms with Crippen LogP contribution in [0.3, 0.4) is 0 Å². The molecule has 1 amide bonds. The molecule has 1 saturated heterocycles. The molecule has 0 atom stereocenters. The lowest BCUT2D eigenvalue weighted by molar-refractivity contribution is -0.119. The monoisotopic (exact) mass is 479 g/mol. The summed E-state index contributed by atoms with van der Waals surface area (Å²) >= 11 is 5.86. The highest BCUT2D eigenvalue weighted by molar-refractivity contribution is 7.89. The van der Waals surface area contributed by atoms with Gasteiger partial charge in [0.15, 0.2) is 6.61 Å². The van der Waals surface area contributed by atoms with Crippen molar-refractivity contribution in [3.63, 3.8) is 0 Å². The number of sulfonamides is 1. The van der Waals surface area contributed by atoms with Crippen LogP contribution in [-0.4, -0.2) is 44.3 Å². The number of benzene rings is 2. The fraction of sp³-hybridized carbons (Fsp3) is 0.286. The van der Waals surface area contributed by atoms with Gasteiger partial charge in [0, 0.05) is 18.1 Å². The van der Waals surface area contributed by atoms with E-state index in [-0.39, 0.29) is 29.9 Å². The van der Waals surface area contributed by atoms with Crippen LogP contribution in [0.2, 0.25) is 5.02 Å². The number of hydrogen-bond donors (Lipinski definition) is 1. The Labute approximate surface area is 189 Å². The molecule has 1 heterocycles. The minimum Gasteiger partial charge on any atom is -0.452 e. The second-order valence-electron chi connectivity index (χ2n) is 7.04. The van der Waals surface area contributed by atoms with E-state index in [2.05, 4.69) is 5.32 Å². The summed E-state index contributed by atoms with van der Waals surface area (Å²) in [7, 11) is -4.10. The van der Waals surface area contributed by atoms with Crippen molar-refractivity contribution in [3.05, 3.63) is 58.4 Å². The summed E-state index contributed by atoms with van der Waals surface area (Å²) in [6.07, 6.45) is 2.25. The van der Waals surface area contributed by atoms with Crippen LogP contribution in [-0.2, 0) is 19.6 Å². The molecule has 0 aromatic heterocycles. The van der Waals surface area contributed by atoms with Gasteiger partial charge >= 0.3 is 5.97 Å². The molecule has 168 valence electrons. The van der Waals surface area contributed by atoms with Crippen molar-refractivity contribution in [3.8, 4) is 6.07 Å². The Bertz CT molecular complexity index is 1190. The number of carbonyl (C=O) groups excluding carboxylic acids is 2. The molecular formula is C21H19ClFN3O5S. The molecule has 0 unspecified atom stereocenters. The summed E-state index contributed by atoms with van der Waals surface area (Å²) in [5.41, 5.74) is 0.105. The Morgan fingerprint density at radius 2 is 1.88 bits per heavy atom. The van der Waals surface area contributed by atoms with Crippen LogP contribution in [0.4, 0.5) is 10.1 Å². The molecule has 2 aromatic rings. The predicted molar refractivity (Wildman–Crippen MR) is 114 cm³/mol. The molecule has 2 aromatic carbocycles. The Morgan fingerprint density at radius 1 is 1.16 bits per heavy atom. The Hall–Kier alpha value is -3.00. The van der Waals surface area contributed by atoms with E-state index in [0.717, 1.165) is 24.6 Å². The second kappa shape index (κ2) is 10.1. The molecule has 32 heavy (non-hydrogen) atoms. The Balaban J connectivity index is 1.69. The highest BCUT2D eigenvalue weighted by Gasteiger charge is 2.29. The second-order valence-corrected chi connectivity index (χ2v) is 9.38. The van der Waals surface area contributed by atoms with Crippen LogP contribution in [0.1, 0.15) is 35.2 Å². The van der Waals surface area contributed by atoms with Crippen LogP contribution in [0.5, 0.6) is 0 Å². The molecule has 0 radical (unpaired) electrons. The average Bonchev–Trinajstić information content (AvgIpc) is 2.78. The first-order valence-corrected chi connectivity index (χ1v) is 11.5. The standard InChI is InChI=1S/C21H19ClFN3O5S/c22-16-6-4-15(12-24)18(11-16)25-20(27)13-31-21(28)14-5-7-17(23)19(10-14)32(29,30)26-8-2-1-3-9-26/h4-7,10-11H,1-3,8-9,13H2,(H,25,27). The molecule has 0 aliphatic carbocycles. The van der Waals surface area contributed by atoms with Gasteiger partial charge in [0.25, 0.3) is 5.91 Å². The highest BCUT2D eigenvalue weighted by Crippen LogP contribution is 2.24. The van der Waals surface area contributed by atoms with Gasteiger partial charge in [0.05, 0.1) is 16.8 Å². The van der Waals surface area contributed by atoms with Crippen LogP contribution < -0.4 is 5.32 Å². The van der Waals surface area contributed by atoms with Crippen LogP contribution in [0, 0.1) is 17.1 Å². The summed E-state index contributed by atoms with van der Waals surface area (Å²) in [4.78, 5) is 23.8. The number of amides is 1. The SMILES string of the molecule is N#Cc1ccc(Cl)cc1NC(=O)COC(=O)c1ccc(F)c(S(=O)(=O)N2CCCCC2)c1. The fourth-order valence-corrected chi connectivity index (χ4v) is 4.97. The molecule has 11 heteroatoms. The first kappa shape index (κ1) is 23.7. The molecule has 1 aliphatic rings. The van der Waals surface area contributed by atoms with Crippen LogP contribution in [0.25, 0.3) is 0 Å². The van der Waals surface area contributed by atoms with Crippen molar-refractivity contribution in [2.75, 3.05) is 25.0 Å². The molecule has 8 nitrogen and oxygen atoms in total. The van der Waals surface area contributed by atoms with Crippen molar-refractivity contribution in [2.24, 2.45) is 0 Å². The average molecular weight is 480 g/mol. The molecular weight excluding hydrogens is 461 g/mol. The number of rotatable bonds is 6. The van der Waals surface area contributed by atoms with Crippen molar-refractivity contribution >= 4 is 39.2 Å². The van der Waals surface area contributed by atoms with Gasteiger partial charge in [0.1, 0.15) is 16.8 Å². The van der Waals surface area contributed by atoms with E-state index >= 15 is 0 Å². The summed E-state index contributed by atoms with van der Waals surface area (Å²) in [6.45, 7) is -0.141. The number of hydrogen-bond acceptors (Lipinski definition) is 6. The molecule has 0 spiro atoms. The fourth-order valence-electron chi connectivity index (χ4n) is 3.19. The lowest BCUT2D eigenvalue weighted by atomic mass is 10.2. The van der Waals surface area contributed by atoms with Gasteiger partial charge in [-0.2, -0.15) is 9.57 Å². The van der Waals surface area contributed by atoms with Gasteiger partial charge in [-0.15, -0.1) is 0 Å². The molecule has 1 fully saturated rings. The maximum absolute atomic E-state index is 14.3. The third-order valence-electron chi connectivity index (χ3n) is 4.81. The molecule has 1 N–H and O–H groups in total. The maximum Gasteiger partial charge on any atom is 0.338 e. The molecule has 3 rings (SSSR count). The van der Waals surface area contributed by atoms with E-state index in [1.54, 1.807) is 0 Å². The van der Waals surface area contributed by atoms with Crippen LogP contribution in [0.15, 0.2) is 41.3 Å². The van der Waals surface area contributed by atoms with Crippen molar-refractivity contribution in [2.45, 2.75) is 24.2 Å². The van der Waals surface area contributed by atoms with E-state index in [9.17, 15) is 22.4 Å². The van der Waals surface area contributed by atoms with E-state index in [0.29, 0.717) is 17.9 Å². The predicted octanol–water partition coefficient (Wildman–Crippen LogP) is 3.32. The summed E-state index contributed by atoms with van der Waals surface area (Å²) < 4.78 is 45.9. The number of nitrogens with zero attached hydrogens (tertiary/aromatic N) is 2. The number of nitriles is 1. The molecule has 0 saturated carbocycles. The maximum atomic E-state index is 14.3. The van der Waals surface area contributed by atoms with Crippen molar-refractivity contribution in [1.82, 2.24) is 4.31 Å². The first-order chi connectivity index (χ1) is 15.2. The number of anilines is 1. The minimum absolute atomic E-state index is 0.151. The van der Waals surface area contributed by atoms with Crippen LogP contribution >= 0.6 is 11.6 Å². The smallest absolute Gasteiger partial charge is 0.338 e. The van der Waals surface area contributed by atoms with Gasteiger partial charge < -0.3 is 10.1 Å². The third-order valence-corrected chi connectivity index (χ3v) is 6.96. The van der Waals surface area contributed by atoms with Gasteiger partial charge in [-0.3, -0.25) is 4.79 Å². The largest absolute Gasteiger partial charge is 0.452 e. The zero-order valence-corrected chi connectivity index (χ0v) is 18.4. The highest BCUT2D eigenvalue weighted by atomic mass is 35.5. The van der Waals surface area contributed by atoms with E-state index in [4.69, 9.17) is 21.6 Å². The zero-order valence-electron chi connectivity index (χ0n) is 16.8. The van der Waals surface area contributed by atoms with E-state index in [1.807, 2.05) is 6.07 Å². The summed E-state index contributed by atoms with van der Waals surface area (Å²) in [5.74, 6) is -2.71. The topological polar surface area (TPSA) is 117 Å². The van der Waals surface area contributed by atoms with Gasteiger partial charge in [-0.05, 0) is 49.2 Å². The van der Waals surface area contributed by atoms with Gasteiger partial charge in [0.2, 0.25) is 10.0 Å². The van der Waals surface area contributed by atoms with Crippen molar-refractivity contribution in [1.29, 1.82) is 5.26 Å². The van der Waals surface area contributed by atoms with E-state index in [1.165, 1.54) is 22.5 Å². The number of piperidine rings is 1. The lowest BCUT2D eigenvalue weighted by Gasteiger charge is -2.26. The number of ether oxygens (including phenoxy) is 1. The molecule has 0 bridgehead atoms. The normalized spacial score (nSPS) is 14.4. The number of nitrogens with one attached hydrogen (secondary N) is 1. The number of carbonyl (C=O) groups is 2. The van der Waals surface area contributed by atoms with E-state index < -0.39 is 39.2 Å². The minimum atomic E-state index is -4.10. The first-order valence-electron chi connectivity index (χ1n) is 9.68. The lowest BCUT2D eigenvalue weighted by Crippen LogP contribution is -2.36. The van der Waals surface area contributed by atoms with Gasteiger partial charge in [-0.25, -0.2) is 17.6 Å². The third kappa shape index (κ3) is 5.43. The number of halogens is 2. The quantitative estimate of drug-likeness (QED) is 0.635. The summed E-state index contributed by atoms with van der Waals surface area (Å²) in [6, 6.07) is 9.04. The zero-order chi connectivity index (χ0) is 23.3. The molecule has 1 aliphatic heterocycles. The Morgan fingerprint density at radius 3 is 2.56 bits per heavy atom. The van der Waals surface area contributed by atoms with Gasteiger partial charge in [-0.1, -0.05) is 18.0 Å².